The summed E-state index contributed by atoms with van der Waals surface area (Å²) in [5, 5.41) is 0. The molecule has 43 valence electrons. The number of unbranched alkanes of at least 4 members (excludes halogenated alkanes) is 1. The van der Waals surface area contributed by atoms with Gasteiger partial charge in [0, 0.05) is 4.58 Å². The van der Waals surface area contributed by atoms with Crippen LogP contribution in [0.5, 0.6) is 0 Å². The van der Waals surface area contributed by atoms with Crippen molar-refractivity contribution in [2.45, 2.75) is 24.3 Å². The molecule has 0 aliphatic rings. The molecule has 0 bridgehead atoms. The lowest BCUT2D eigenvalue weighted by molar-refractivity contribution is 0.891. The standard InChI is InChI=1S/C5H11S2/c1-2-3-4-5(6)7/h2,5-7H,3-4H2,1H3. The second-order valence-corrected chi connectivity index (χ2v) is 3.12. The summed E-state index contributed by atoms with van der Waals surface area (Å²) < 4.78 is 0.260. The van der Waals surface area contributed by atoms with Crippen LogP contribution >= 0.6 is 25.3 Å². The Morgan fingerprint density at radius 3 is 2.29 bits per heavy atom. The van der Waals surface area contributed by atoms with Crippen molar-refractivity contribution in [2.24, 2.45) is 0 Å². The molecule has 0 spiro atoms. The van der Waals surface area contributed by atoms with Crippen LogP contribution in [-0.2, 0) is 0 Å². The average Bonchev–Trinajstić information content (AvgIpc) is 1.61. The zero-order valence-electron chi connectivity index (χ0n) is 4.46. The van der Waals surface area contributed by atoms with Gasteiger partial charge >= 0.3 is 0 Å². The first-order chi connectivity index (χ1) is 3.27. The van der Waals surface area contributed by atoms with Gasteiger partial charge in [0.2, 0.25) is 0 Å². The summed E-state index contributed by atoms with van der Waals surface area (Å²) in [6.07, 6.45) is 4.32. The zero-order chi connectivity index (χ0) is 5.70. The molecule has 0 aromatic rings. The minimum atomic E-state index is 0.260. The fourth-order valence-corrected chi connectivity index (χ4v) is 0.614. The molecule has 0 fully saturated rings. The van der Waals surface area contributed by atoms with E-state index in [4.69, 9.17) is 0 Å². The molecule has 0 unspecified atom stereocenters. The van der Waals surface area contributed by atoms with Gasteiger partial charge in [0.25, 0.3) is 0 Å². The normalized spacial score (nSPS) is 10.3. The molecule has 2 heteroatoms. The summed E-state index contributed by atoms with van der Waals surface area (Å²) in [6.45, 7) is 2.05. The number of rotatable bonds is 3. The molecular formula is C5H11S2. The SMILES string of the molecule is C[CH]CCC(S)S. The molecule has 1 radical (unpaired) electrons. The topological polar surface area (TPSA) is 0 Å². The summed E-state index contributed by atoms with van der Waals surface area (Å²) in [4.78, 5) is 0. The molecule has 0 N–H and O–H groups in total. The average molecular weight is 135 g/mol. The highest BCUT2D eigenvalue weighted by Gasteiger charge is 1.90. The van der Waals surface area contributed by atoms with Gasteiger partial charge in [0.05, 0.1) is 0 Å². The Bertz CT molecular complexity index is 35.1. The number of hydrogen-bond acceptors (Lipinski definition) is 2. The van der Waals surface area contributed by atoms with Gasteiger partial charge in [-0.2, -0.15) is 25.3 Å². The highest BCUT2D eigenvalue weighted by atomic mass is 32.2. The molecule has 0 saturated heterocycles. The van der Waals surface area contributed by atoms with Crippen LogP contribution in [0.1, 0.15) is 19.8 Å². The molecule has 0 amide bonds. The molecule has 0 heterocycles. The molecular weight excluding hydrogens is 124 g/mol. The summed E-state index contributed by atoms with van der Waals surface area (Å²) in [5.74, 6) is 0. The summed E-state index contributed by atoms with van der Waals surface area (Å²) in [6, 6.07) is 0. The number of hydrogen-bond donors (Lipinski definition) is 2. The molecule has 0 aliphatic heterocycles. The van der Waals surface area contributed by atoms with E-state index in [0.717, 1.165) is 12.8 Å². The van der Waals surface area contributed by atoms with Crippen molar-refractivity contribution in [2.75, 3.05) is 0 Å². The van der Waals surface area contributed by atoms with Crippen molar-refractivity contribution in [1.29, 1.82) is 0 Å². The van der Waals surface area contributed by atoms with Gasteiger partial charge in [-0.15, -0.1) is 0 Å². The molecule has 0 saturated carbocycles. The van der Waals surface area contributed by atoms with Crippen molar-refractivity contribution in [1.82, 2.24) is 0 Å². The Balaban J connectivity index is 2.68. The second kappa shape index (κ2) is 4.85. The van der Waals surface area contributed by atoms with Gasteiger partial charge in [-0.1, -0.05) is 6.92 Å². The number of thiol groups is 2. The predicted octanol–water partition coefficient (Wildman–Crippen LogP) is 2.18. The lowest BCUT2D eigenvalue weighted by atomic mass is 10.3. The Morgan fingerprint density at radius 1 is 1.57 bits per heavy atom. The minimum Gasteiger partial charge on any atom is -0.165 e. The van der Waals surface area contributed by atoms with Gasteiger partial charge in [0.1, 0.15) is 0 Å². The van der Waals surface area contributed by atoms with E-state index < -0.39 is 0 Å². The minimum absolute atomic E-state index is 0.260. The van der Waals surface area contributed by atoms with Crippen LogP contribution in [-0.4, -0.2) is 4.58 Å². The van der Waals surface area contributed by atoms with E-state index in [2.05, 4.69) is 31.7 Å². The zero-order valence-corrected chi connectivity index (χ0v) is 6.25. The summed E-state index contributed by atoms with van der Waals surface area (Å²) in [7, 11) is 0. The first kappa shape index (κ1) is 7.70. The third-order valence-electron chi connectivity index (χ3n) is 0.714. The van der Waals surface area contributed by atoms with E-state index in [0.29, 0.717) is 0 Å². The molecule has 0 atom stereocenters. The Morgan fingerprint density at radius 2 is 2.14 bits per heavy atom. The van der Waals surface area contributed by atoms with Crippen molar-refractivity contribution >= 4 is 25.3 Å². The Kier molecular flexibility index (Phi) is 5.33. The molecule has 0 rings (SSSR count). The predicted molar refractivity (Wildman–Crippen MR) is 41.0 cm³/mol. The largest absolute Gasteiger partial charge is 0.165 e. The van der Waals surface area contributed by atoms with E-state index in [-0.39, 0.29) is 4.58 Å². The summed E-state index contributed by atoms with van der Waals surface area (Å²) >= 11 is 8.15. The van der Waals surface area contributed by atoms with Gasteiger partial charge in [-0.05, 0) is 19.3 Å². The lowest BCUT2D eigenvalue weighted by Crippen LogP contribution is -1.84. The van der Waals surface area contributed by atoms with Crippen LogP contribution in [0.3, 0.4) is 0 Å². The van der Waals surface area contributed by atoms with Crippen LogP contribution in [0.4, 0.5) is 0 Å². The van der Waals surface area contributed by atoms with E-state index in [1.165, 1.54) is 0 Å². The fraction of sp³-hybridized carbons (Fsp3) is 0.800. The molecule has 0 aliphatic carbocycles. The summed E-state index contributed by atoms with van der Waals surface area (Å²) in [5.41, 5.74) is 0. The maximum Gasteiger partial charge on any atom is 0.0442 e. The van der Waals surface area contributed by atoms with Crippen molar-refractivity contribution in [3.63, 3.8) is 0 Å². The van der Waals surface area contributed by atoms with Crippen molar-refractivity contribution in [3.05, 3.63) is 6.42 Å². The van der Waals surface area contributed by atoms with Gasteiger partial charge in [0.15, 0.2) is 0 Å². The van der Waals surface area contributed by atoms with Crippen molar-refractivity contribution in [3.8, 4) is 0 Å². The van der Waals surface area contributed by atoms with Crippen LogP contribution < -0.4 is 0 Å². The maximum absolute atomic E-state index is 4.08. The van der Waals surface area contributed by atoms with E-state index in [1.807, 2.05) is 6.92 Å². The van der Waals surface area contributed by atoms with Gasteiger partial charge in [-0.25, -0.2) is 0 Å². The van der Waals surface area contributed by atoms with Crippen LogP contribution in [0, 0.1) is 6.42 Å². The second-order valence-electron chi connectivity index (χ2n) is 1.47. The van der Waals surface area contributed by atoms with E-state index in [1.54, 1.807) is 0 Å². The molecule has 0 aromatic carbocycles. The molecule has 7 heavy (non-hydrogen) atoms. The Hall–Kier alpha value is 0.700. The van der Waals surface area contributed by atoms with Crippen molar-refractivity contribution < 1.29 is 0 Å². The fourth-order valence-electron chi connectivity index (χ4n) is 0.316. The van der Waals surface area contributed by atoms with E-state index >= 15 is 0 Å². The Labute approximate surface area is 56.5 Å². The maximum atomic E-state index is 4.08. The van der Waals surface area contributed by atoms with Crippen LogP contribution in [0.25, 0.3) is 0 Å². The molecule has 0 aromatic heterocycles. The van der Waals surface area contributed by atoms with Crippen LogP contribution in [0.15, 0.2) is 0 Å². The quantitative estimate of drug-likeness (QED) is 0.430. The molecule has 0 nitrogen and oxygen atoms in total. The highest BCUT2D eigenvalue weighted by Crippen LogP contribution is 2.08. The monoisotopic (exact) mass is 135 g/mol. The third kappa shape index (κ3) is 6.70. The van der Waals surface area contributed by atoms with E-state index in [9.17, 15) is 0 Å². The highest BCUT2D eigenvalue weighted by molar-refractivity contribution is 7.99. The smallest absolute Gasteiger partial charge is 0.0442 e. The van der Waals surface area contributed by atoms with Gasteiger partial charge < -0.3 is 0 Å². The third-order valence-corrected chi connectivity index (χ3v) is 1.23. The van der Waals surface area contributed by atoms with Crippen LogP contribution in [0.2, 0.25) is 0 Å². The lowest BCUT2D eigenvalue weighted by Gasteiger charge is -1.97. The van der Waals surface area contributed by atoms with Gasteiger partial charge in [-0.3, -0.25) is 0 Å². The first-order valence-corrected chi connectivity index (χ1v) is 3.44. The first-order valence-electron chi connectivity index (χ1n) is 2.41.